The maximum atomic E-state index is 4.40. The number of hydrogen-bond donors (Lipinski definition) is 0. The number of hydrogen-bond acceptors (Lipinski definition) is 0. The molecular weight excluding hydrogens is 264 g/mol. The fourth-order valence-corrected chi connectivity index (χ4v) is 2.82. The smallest absolute Gasteiger partial charge is 0.0340 e. The van der Waals surface area contributed by atoms with Gasteiger partial charge < -0.3 is 0 Å². The molecule has 108 valence electrons. The van der Waals surface area contributed by atoms with E-state index in [1.807, 2.05) is 6.07 Å². The number of rotatable bonds is 4. The molecular formula is C22H20. The summed E-state index contributed by atoms with van der Waals surface area (Å²) in [6.45, 7) is 6.52. The molecule has 0 saturated carbocycles. The Balaban J connectivity index is 2.07. The van der Waals surface area contributed by atoms with Gasteiger partial charge in [-0.1, -0.05) is 97.1 Å². The Labute approximate surface area is 132 Å². The van der Waals surface area contributed by atoms with Gasteiger partial charge in [-0.15, -0.1) is 0 Å². The van der Waals surface area contributed by atoms with Gasteiger partial charge in [0, 0.05) is 5.92 Å². The first kappa shape index (κ1) is 14.3. The van der Waals surface area contributed by atoms with Crippen molar-refractivity contribution in [3.8, 4) is 0 Å². The second-order valence-electron chi connectivity index (χ2n) is 5.65. The fraction of sp³-hybridized carbons (Fsp3) is 0.0909. The zero-order chi connectivity index (χ0) is 15.4. The van der Waals surface area contributed by atoms with Crippen molar-refractivity contribution in [3.05, 3.63) is 114 Å². The van der Waals surface area contributed by atoms with Crippen molar-refractivity contribution in [3.63, 3.8) is 0 Å². The van der Waals surface area contributed by atoms with Crippen LogP contribution in [0.5, 0.6) is 0 Å². The summed E-state index contributed by atoms with van der Waals surface area (Å²) in [5, 5.41) is 0. The summed E-state index contributed by atoms with van der Waals surface area (Å²) in [6, 6.07) is 29.8. The topological polar surface area (TPSA) is 0 Å². The van der Waals surface area contributed by atoms with Gasteiger partial charge in [0.2, 0.25) is 0 Å². The van der Waals surface area contributed by atoms with E-state index < -0.39 is 0 Å². The minimum Gasteiger partial charge on any atom is -0.0943 e. The predicted molar refractivity (Wildman–Crippen MR) is 94.9 cm³/mol. The summed E-state index contributed by atoms with van der Waals surface area (Å²) in [5.41, 5.74) is 6.17. The van der Waals surface area contributed by atoms with Crippen molar-refractivity contribution >= 4 is 5.57 Å². The molecule has 1 unspecified atom stereocenters. The molecule has 0 bridgehead atoms. The minimum atomic E-state index is 0.184. The molecule has 3 aromatic rings. The Hall–Kier alpha value is -2.60. The lowest BCUT2D eigenvalue weighted by Crippen LogP contribution is -2.03. The van der Waals surface area contributed by atoms with Gasteiger partial charge in [-0.3, -0.25) is 0 Å². The highest BCUT2D eigenvalue weighted by Gasteiger charge is 2.18. The van der Waals surface area contributed by atoms with Crippen LogP contribution in [0.1, 0.15) is 28.2 Å². The Kier molecular flexibility index (Phi) is 4.20. The van der Waals surface area contributed by atoms with Crippen molar-refractivity contribution in [2.75, 3.05) is 0 Å². The van der Waals surface area contributed by atoms with Crippen LogP contribution in [0.3, 0.4) is 0 Å². The Morgan fingerprint density at radius 3 is 1.77 bits per heavy atom. The monoisotopic (exact) mass is 284 g/mol. The Morgan fingerprint density at radius 2 is 1.18 bits per heavy atom. The van der Waals surface area contributed by atoms with Crippen LogP contribution >= 0.6 is 0 Å². The van der Waals surface area contributed by atoms with E-state index in [-0.39, 0.29) is 5.92 Å². The van der Waals surface area contributed by atoms with Gasteiger partial charge in [-0.2, -0.15) is 0 Å². The first-order valence-electron chi connectivity index (χ1n) is 7.61. The molecule has 22 heavy (non-hydrogen) atoms. The molecule has 3 rings (SSSR count). The van der Waals surface area contributed by atoms with E-state index in [4.69, 9.17) is 0 Å². The summed E-state index contributed by atoms with van der Waals surface area (Å²) in [4.78, 5) is 0. The van der Waals surface area contributed by atoms with Gasteiger partial charge in [-0.05, 0) is 29.2 Å². The summed E-state index contributed by atoms with van der Waals surface area (Å²) in [7, 11) is 0. The van der Waals surface area contributed by atoms with E-state index in [0.717, 1.165) is 5.57 Å². The van der Waals surface area contributed by atoms with Crippen LogP contribution in [0, 0.1) is 6.92 Å². The number of aryl methyl sites for hydroxylation is 1. The van der Waals surface area contributed by atoms with Gasteiger partial charge in [0.1, 0.15) is 0 Å². The third-order valence-electron chi connectivity index (χ3n) is 4.04. The average Bonchev–Trinajstić information content (AvgIpc) is 2.58. The van der Waals surface area contributed by atoms with Gasteiger partial charge >= 0.3 is 0 Å². The third-order valence-corrected chi connectivity index (χ3v) is 4.04. The molecule has 0 nitrogen and oxygen atoms in total. The van der Waals surface area contributed by atoms with Crippen LogP contribution < -0.4 is 0 Å². The molecule has 0 heterocycles. The summed E-state index contributed by atoms with van der Waals surface area (Å²) in [5.74, 6) is 0.184. The van der Waals surface area contributed by atoms with Crippen molar-refractivity contribution in [1.82, 2.24) is 0 Å². The molecule has 0 fully saturated rings. The zero-order valence-electron chi connectivity index (χ0n) is 12.9. The molecule has 0 radical (unpaired) electrons. The lowest BCUT2D eigenvalue weighted by molar-refractivity contribution is 1.05. The molecule has 0 aliphatic carbocycles. The molecule has 0 N–H and O–H groups in total. The maximum absolute atomic E-state index is 4.40. The predicted octanol–water partition coefficient (Wildman–Crippen LogP) is 5.84. The van der Waals surface area contributed by atoms with Crippen molar-refractivity contribution in [2.24, 2.45) is 0 Å². The van der Waals surface area contributed by atoms with E-state index in [0.29, 0.717) is 0 Å². The number of allylic oxidation sites excluding steroid dienone is 1. The van der Waals surface area contributed by atoms with Gasteiger partial charge in [0.25, 0.3) is 0 Å². The highest BCUT2D eigenvalue weighted by Crippen LogP contribution is 2.36. The molecule has 3 aromatic carbocycles. The highest BCUT2D eigenvalue weighted by molar-refractivity contribution is 5.73. The first-order chi connectivity index (χ1) is 10.8. The number of benzene rings is 3. The molecule has 0 heteroatoms. The van der Waals surface area contributed by atoms with Crippen LogP contribution in [-0.4, -0.2) is 0 Å². The lowest BCUT2D eigenvalue weighted by Gasteiger charge is -2.21. The second-order valence-corrected chi connectivity index (χ2v) is 5.65. The fourth-order valence-electron chi connectivity index (χ4n) is 2.82. The maximum Gasteiger partial charge on any atom is 0.0340 e. The first-order valence-corrected chi connectivity index (χ1v) is 7.61. The van der Waals surface area contributed by atoms with Crippen LogP contribution in [-0.2, 0) is 0 Å². The standard InChI is InChI=1S/C22H20/c1-17-13-15-21(16-14-17)22(20-11-7-4-8-12-20)18(2)19-9-5-3-6-10-19/h3-16,22H,2H2,1H3. The molecule has 0 aromatic heterocycles. The van der Waals surface area contributed by atoms with Gasteiger partial charge in [0.15, 0.2) is 0 Å². The van der Waals surface area contributed by atoms with Crippen molar-refractivity contribution in [2.45, 2.75) is 12.8 Å². The molecule has 0 saturated heterocycles. The highest BCUT2D eigenvalue weighted by atomic mass is 14.2. The van der Waals surface area contributed by atoms with Gasteiger partial charge in [0.05, 0.1) is 0 Å². The van der Waals surface area contributed by atoms with Gasteiger partial charge in [-0.25, -0.2) is 0 Å². The zero-order valence-corrected chi connectivity index (χ0v) is 12.9. The minimum absolute atomic E-state index is 0.184. The summed E-state index contributed by atoms with van der Waals surface area (Å²) in [6.07, 6.45) is 0. The van der Waals surface area contributed by atoms with Crippen molar-refractivity contribution in [1.29, 1.82) is 0 Å². The normalized spacial score (nSPS) is 11.9. The molecule has 0 amide bonds. The Bertz CT molecular complexity index is 737. The van der Waals surface area contributed by atoms with E-state index in [1.54, 1.807) is 0 Å². The molecule has 0 aliphatic rings. The van der Waals surface area contributed by atoms with Crippen LogP contribution in [0.2, 0.25) is 0 Å². The van der Waals surface area contributed by atoms with Crippen LogP contribution in [0.15, 0.2) is 91.5 Å². The lowest BCUT2D eigenvalue weighted by atomic mass is 9.82. The summed E-state index contributed by atoms with van der Waals surface area (Å²) < 4.78 is 0. The van der Waals surface area contributed by atoms with E-state index in [9.17, 15) is 0 Å². The van der Waals surface area contributed by atoms with E-state index in [1.165, 1.54) is 22.3 Å². The average molecular weight is 284 g/mol. The van der Waals surface area contributed by atoms with Crippen LogP contribution in [0.25, 0.3) is 5.57 Å². The quantitative estimate of drug-likeness (QED) is 0.564. The van der Waals surface area contributed by atoms with E-state index >= 15 is 0 Å². The van der Waals surface area contributed by atoms with Crippen molar-refractivity contribution < 1.29 is 0 Å². The summed E-state index contributed by atoms with van der Waals surface area (Å²) >= 11 is 0. The molecule has 1 atom stereocenters. The second kappa shape index (κ2) is 6.44. The third kappa shape index (κ3) is 3.01. The molecule has 0 aliphatic heterocycles. The Morgan fingerprint density at radius 1 is 0.682 bits per heavy atom. The van der Waals surface area contributed by atoms with E-state index in [2.05, 4.69) is 92.4 Å². The molecule has 0 spiro atoms. The van der Waals surface area contributed by atoms with Crippen LogP contribution in [0.4, 0.5) is 0 Å². The largest absolute Gasteiger partial charge is 0.0943 e. The SMILES string of the molecule is C=C(c1ccccc1)C(c1ccccc1)c1ccc(C)cc1.